The molecule has 1 saturated heterocycles. The minimum Gasteiger partial charge on any atom is -0.480 e. The van der Waals surface area contributed by atoms with Crippen LogP contribution >= 0.6 is 0 Å². The molecule has 1 aliphatic heterocycles. The molecule has 322 valence electrons. The predicted octanol–water partition coefficient (Wildman–Crippen LogP) is 2.87. The van der Waals surface area contributed by atoms with Gasteiger partial charge in [-0.15, -0.1) is 0 Å². The van der Waals surface area contributed by atoms with Crippen LogP contribution in [0.25, 0.3) is 0 Å². The van der Waals surface area contributed by atoms with Gasteiger partial charge in [-0.2, -0.15) is 0 Å². The van der Waals surface area contributed by atoms with E-state index in [-0.39, 0.29) is 38.8 Å². The van der Waals surface area contributed by atoms with Crippen LogP contribution in [0.1, 0.15) is 69.1 Å². The summed E-state index contributed by atoms with van der Waals surface area (Å²) in [6.45, 7) is 3.45. The molecule has 0 bridgehead atoms. The molecule has 1 fully saturated rings. The van der Waals surface area contributed by atoms with Crippen LogP contribution in [0, 0.1) is 5.92 Å². The number of hydrogen-bond acceptors (Lipinski definition) is 7. The number of nitrogens with zero attached hydrogens (tertiary/aromatic N) is 1. The average molecular weight is 826 g/mol. The lowest BCUT2D eigenvalue weighted by Gasteiger charge is -2.30. The third-order valence-corrected chi connectivity index (χ3v) is 10.7. The molecule has 1 aliphatic rings. The Morgan fingerprint density at radius 1 is 0.750 bits per heavy atom. The van der Waals surface area contributed by atoms with Gasteiger partial charge in [0.2, 0.25) is 29.5 Å². The molecule has 15 nitrogen and oxygen atoms in total. The van der Waals surface area contributed by atoms with Gasteiger partial charge in [-0.3, -0.25) is 24.0 Å². The third-order valence-electron chi connectivity index (χ3n) is 10.7. The van der Waals surface area contributed by atoms with Crippen LogP contribution < -0.4 is 31.9 Å². The molecule has 0 aliphatic carbocycles. The molecule has 3 aromatic carbocycles. The van der Waals surface area contributed by atoms with Gasteiger partial charge in [-0.1, -0.05) is 111 Å². The quantitative estimate of drug-likeness (QED) is 0.136. The van der Waals surface area contributed by atoms with Crippen molar-refractivity contribution in [2.24, 2.45) is 5.92 Å². The second-order valence-electron chi connectivity index (χ2n) is 15.3. The highest BCUT2D eigenvalue weighted by Gasteiger charge is 2.34. The lowest BCUT2D eigenvalue weighted by Crippen LogP contribution is -2.60. The molecule has 0 saturated carbocycles. The Balaban J connectivity index is 1.61. The van der Waals surface area contributed by atoms with Crippen LogP contribution in [0.4, 0.5) is 4.79 Å². The van der Waals surface area contributed by atoms with E-state index < -0.39 is 77.7 Å². The number of carbonyl (C=O) groups excluding carboxylic acids is 6. The first-order valence-corrected chi connectivity index (χ1v) is 20.7. The number of amides is 7. The molecular weight excluding hydrogens is 767 g/mol. The first-order valence-electron chi connectivity index (χ1n) is 20.7. The van der Waals surface area contributed by atoms with Gasteiger partial charge in [0.05, 0.1) is 6.54 Å². The molecule has 4 rings (SSSR count). The topological polar surface area (TPSA) is 215 Å². The molecule has 2 unspecified atom stereocenters. The first kappa shape index (κ1) is 46.4. The zero-order chi connectivity index (χ0) is 43.4. The summed E-state index contributed by atoms with van der Waals surface area (Å²) in [4.78, 5) is 95.9. The first-order chi connectivity index (χ1) is 28.8. The summed E-state index contributed by atoms with van der Waals surface area (Å²) in [7, 11) is 1.45. The Morgan fingerprint density at radius 3 is 1.88 bits per heavy atom. The molecule has 0 aromatic heterocycles. The maximum absolute atomic E-state index is 14.1. The van der Waals surface area contributed by atoms with Gasteiger partial charge in [0.15, 0.2) is 0 Å². The number of carbonyl (C=O) groups is 7. The van der Waals surface area contributed by atoms with Crippen molar-refractivity contribution in [2.75, 3.05) is 20.1 Å². The summed E-state index contributed by atoms with van der Waals surface area (Å²) in [5.41, 5.74) is 2.59. The van der Waals surface area contributed by atoms with Crippen LogP contribution in [0.2, 0.25) is 0 Å². The number of aryl methyl sites for hydroxylation is 2. The van der Waals surface area contributed by atoms with E-state index in [1.807, 2.05) is 67.6 Å². The standard InChI is InChI=1S/C45H59N7O8/c1-4-30(2)39-42(56)48-36(26-24-32-18-10-6-11-19-32)43(57)52(3)29-38(53)47-35(25-23-31-16-8-5-9-17-31)40(54)46-27-15-14-22-34(41(55)51-39)49-45(60)50-37(44(58)59)28-33-20-12-7-13-21-33/h5-13,16-21,30,34-37,39H,4,14-15,22-29H2,1-3H3,(H,46,54)(H,47,53)(H,48,56)(H,51,55)(H,58,59)(H2,49,50,60)/t30-,34?,35+,36?,37+,39+/m1/s1. The molecule has 1 heterocycles. The van der Waals surface area contributed by atoms with Gasteiger partial charge in [0.25, 0.3) is 0 Å². The molecule has 0 spiro atoms. The number of aliphatic carboxylic acids is 1. The van der Waals surface area contributed by atoms with Crippen LogP contribution in [0.3, 0.4) is 0 Å². The fourth-order valence-corrected chi connectivity index (χ4v) is 6.94. The minimum absolute atomic E-state index is 0.00254. The van der Waals surface area contributed by atoms with Crippen molar-refractivity contribution >= 4 is 41.5 Å². The van der Waals surface area contributed by atoms with Gasteiger partial charge >= 0.3 is 12.0 Å². The maximum Gasteiger partial charge on any atom is 0.326 e. The third kappa shape index (κ3) is 15.2. The SMILES string of the molecule is CC[C@@H](C)[C@@H]1NC(=O)C(NC(=O)N[C@@H](Cc2ccccc2)C(=O)O)CCCCNC(=O)[C@H](CCc2ccccc2)NC(=O)CN(C)C(=O)C(CCc2ccccc2)NC1=O. The molecule has 60 heavy (non-hydrogen) atoms. The van der Waals surface area contributed by atoms with Crippen LogP contribution in [-0.2, 0) is 48.0 Å². The Labute approximate surface area is 351 Å². The lowest BCUT2D eigenvalue weighted by atomic mass is 9.96. The summed E-state index contributed by atoms with van der Waals surface area (Å²) < 4.78 is 0. The van der Waals surface area contributed by atoms with Gasteiger partial charge in [-0.25, -0.2) is 9.59 Å². The highest BCUT2D eigenvalue weighted by Crippen LogP contribution is 2.14. The highest BCUT2D eigenvalue weighted by molar-refractivity contribution is 5.96. The summed E-state index contributed by atoms with van der Waals surface area (Å²) in [6, 6.07) is 21.2. The highest BCUT2D eigenvalue weighted by atomic mass is 16.4. The van der Waals surface area contributed by atoms with Crippen LogP contribution in [-0.4, -0.2) is 102 Å². The smallest absolute Gasteiger partial charge is 0.326 e. The Kier molecular flexibility index (Phi) is 18.6. The summed E-state index contributed by atoms with van der Waals surface area (Å²) in [6.07, 6.45) is 2.67. The van der Waals surface area contributed by atoms with E-state index in [9.17, 15) is 38.7 Å². The van der Waals surface area contributed by atoms with Crippen molar-refractivity contribution in [3.63, 3.8) is 0 Å². The summed E-state index contributed by atoms with van der Waals surface area (Å²) in [5, 5.41) is 26.3. The Hall–Kier alpha value is -6.25. The number of hydrogen-bond donors (Lipinski definition) is 7. The van der Waals surface area contributed by atoms with Gasteiger partial charge < -0.3 is 41.9 Å². The number of rotatable bonds is 13. The number of carboxylic acids is 1. The van der Waals surface area contributed by atoms with E-state index in [0.717, 1.165) is 11.1 Å². The molecule has 7 amide bonds. The van der Waals surface area contributed by atoms with E-state index in [1.54, 1.807) is 37.3 Å². The molecule has 15 heteroatoms. The predicted molar refractivity (Wildman–Crippen MR) is 226 cm³/mol. The Morgan fingerprint density at radius 2 is 1.32 bits per heavy atom. The van der Waals surface area contributed by atoms with Gasteiger partial charge in [0, 0.05) is 20.0 Å². The van der Waals surface area contributed by atoms with E-state index in [0.29, 0.717) is 37.7 Å². The molecular formula is C45H59N7O8. The average Bonchev–Trinajstić information content (AvgIpc) is 3.24. The zero-order valence-corrected chi connectivity index (χ0v) is 34.7. The fourth-order valence-electron chi connectivity index (χ4n) is 6.94. The van der Waals surface area contributed by atoms with Crippen LogP contribution in [0.15, 0.2) is 91.0 Å². The number of carboxylic acid groups (broad SMARTS) is 1. The van der Waals surface area contributed by atoms with Crippen molar-refractivity contribution in [1.29, 1.82) is 0 Å². The van der Waals surface area contributed by atoms with Crippen molar-refractivity contribution in [3.8, 4) is 0 Å². The van der Waals surface area contributed by atoms with Gasteiger partial charge in [0.1, 0.15) is 30.2 Å². The summed E-state index contributed by atoms with van der Waals surface area (Å²) >= 11 is 0. The molecule has 7 N–H and O–H groups in total. The number of benzene rings is 3. The largest absolute Gasteiger partial charge is 0.480 e. The molecule has 3 aromatic rings. The number of likely N-dealkylation sites (N-methyl/N-ethyl adjacent to an activating group) is 1. The summed E-state index contributed by atoms with van der Waals surface area (Å²) in [5.74, 6) is -4.46. The monoisotopic (exact) mass is 825 g/mol. The molecule has 0 radical (unpaired) electrons. The van der Waals surface area contributed by atoms with Crippen molar-refractivity contribution in [2.45, 2.75) is 102 Å². The van der Waals surface area contributed by atoms with Crippen molar-refractivity contribution in [1.82, 2.24) is 36.8 Å². The second kappa shape index (κ2) is 24.0. The van der Waals surface area contributed by atoms with Crippen LogP contribution in [0.5, 0.6) is 0 Å². The fraction of sp³-hybridized carbons (Fsp3) is 0.444. The minimum atomic E-state index is -1.30. The van der Waals surface area contributed by atoms with Crippen molar-refractivity contribution in [3.05, 3.63) is 108 Å². The van der Waals surface area contributed by atoms with Crippen molar-refractivity contribution < 1.29 is 38.7 Å². The zero-order valence-electron chi connectivity index (χ0n) is 34.7. The van der Waals surface area contributed by atoms with Gasteiger partial charge in [-0.05, 0) is 67.6 Å². The van der Waals surface area contributed by atoms with E-state index in [1.165, 1.54) is 11.9 Å². The second-order valence-corrected chi connectivity index (χ2v) is 15.3. The molecule has 6 atom stereocenters. The normalized spacial score (nSPS) is 21.1. The van der Waals surface area contributed by atoms with E-state index >= 15 is 0 Å². The van der Waals surface area contributed by atoms with E-state index in [4.69, 9.17) is 0 Å². The Bertz CT molecular complexity index is 1880. The number of nitrogens with one attached hydrogen (secondary N) is 6. The number of urea groups is 1. The lowest BCUT2D eigenvalue weighted by molar-refractivity contribution is -0.140. The maximum atomic E-state index is 14.1. The van der Waals surface area contributed by atoms with E-state index in [2.05, 4.69) is 31.9 Å².